The molecule has 0 spiro atoms. The van der Waals surface area contributed by atoms with Gasteiger partial charge in [-0.15, -0.1) is 0 Å². The van der Waals surface area contributed by atoms with Gasteiger partial charge in [-0.2, -0.15) is 0 Å². The summed E-state index contributed by atoms with van der Waals surface area (Å²) in [5.41, 5.74) is 3.10. The number of fused-ring (bicyclic) bond motifs is 1. The first-order valence-corrected chi connectivity index (χ1v) is 11.8. The summed E-state index contributed by atoms with van der Waals surface area (Å²) in [6.07, 6.45) is 4.11. The topological polar surface area (TPSA) is 107 Å². The molecule has 0 atom stereocenters. The van der Waals surface area contributed by atoms with E-state index in [4.69, 9.17) is 13.9 Å². The number of benzene rings is 3. The van der Waals surface area contributed by atoms with Crippen molar-refractivity contribution in [3.63, 3.8) is 0 Å². The third-order valence-corrected chi connectivity index (χ3v) is 5.68. The van der Waals surface area contributed by atoms with E-state index in [0.29, 0.717) is 17.8 Å². The van der Waals surface area contributed by atoms with E-state index in [0.717, 1.165) is 30.2 Å². The van der Waals surface area contributed by atoms with Crippen LogP contribution in [0.2, 0.25) is 0 Å². The number of hydrogen-bond acceptors (Lipinski definition) is 7. The van der Waals surface area contributed by atoms with Gasteiger partial charge in [-0.25, -0.2) is 9.59 Å². The van der Waals surface area contributed by atoms with Crippen LogP contribution in [0.4, 0.5) is 11.4 Å². The lowest BCUT2D eigenvalue weighted by Gasteiger charge is -2.08. The number of carbonyl (C=O) groups is 2. The second kappa shape index (κ2) is 12.2. The van der Waals surface area contributed by atoms with Crippen LogP contribution in [0.15, 0.2) is 108 Å². The van der Waals surface area contributed by atoms with Crippen molar-refractivity contribution in [1.82, 2.24) is 0 Å². The zero-order valence-corrected chi connectivity index (χ0v) is 20.6. The predicted octanol–water partition coefficient (Wildman–Crippen LogP) is 5.45. The monoisotopic (exact) mass is 510 g/mol. The summed E-state index contributed by atoms with van der Waals surface area (Å²) in [6, 6.07) is 21.6. The van der Waals surface area contributed by atoms with Crippen LogP contribution in [0, 0.1) is 0 Å². The van der Waals surface area contributed by atoms with Crippen LogP contribution in [0.1, 0.15) is 21.5 Å². The summed E-state index contributed by atoms with van der Waals surface area (Å²) in [5, 5.41) is 6.38. The largest absolute Gasteiger partial charge is 0.482 e. The smallest absolute Gasteiger partial charge is 0.349 e. The molecule has 0 aliphatic rings. The molecule has 1 amide bonds. The molecule has 8 heteroatoms. The van der Waals surface area contributed by atoms with Gasteiger partial charge in [0.1, 0.15) is 16.9 Å². The Kier molecular flexibility index (Phi) is 8.35. The standard InChI is InChI=1S/C30H26N2O6/c1-3-28(33)37-25-16-11-22-17-26(30(35)38-27(22)18-25)29(34)32-24-14-9-21(10-15-24)6-5-20-7-12-23(13-8-20)31-19-36-4-2/h3-4,7-18,31H,1-2,5-6,19H2,(H,32,34). The third-order valence-electron chi connectivity index (χ3n) is 5.68. The molecule has 0 aliphatic carbocycles. The number of esters is 1. The lowest BCUT2D eigenvalue weighted by Crippen LogP contribution is -2.20. The zero-order chi connectivity index (χ0) is 26.9. The lowest BCUT2D eigenvalue weighted by molar-refractivity contribution is -0.128. The van der Waals surface area contributed by atoms with Crippen LogP contribution in [-0.4, -0.2) is 18.6 Å². The maximum absolute atomic E-state index is 12.8. The van der Waals surface area contributed by atoms with E-state index >= 15 is 0 Å². The quantitative estimate of drug-likeness (QED) is 0.0525. The number of aryl methyl sites for hydroxylation is 2. The van der Waals surface area contributed by atoms with Crippen LogP contribution >= 0.6 is 0 Å². The highest BCUT2D eigenvalue weighted by Crippen LogP contribution is 2.21. The highest BCUT2D eigenvalue weighted by atomic mass is 16.5. The van der Waals surface area contributed by atoms with E-state index in [1.165, 1.54) is 30.0 Å². The third kappa shape index (κ3) is 6.76. The fourth-order valence-electron chi connectivity index (χ4n) is 3.69. The maximum Gasteiger partial charge on any atom is 0.349 e. The van der Waals surface area contributed by atoms with Gasteiger partial charge in [-0.1, -0.05) is 37.4 Å². The molecule has 4 rings (SSSR count). The molecule has 0 saturated heterocycles. The number of anilines is 2. The van der Waals surface area contributed by atoms with Crippen LogP contribution in [0.3, 0.4) is 0 Å². The molecular formula is C30H26N2O6. The van der Waals surface area contributed by atoms with Gasteiger partial charge in [0.15, 0.2) is 6.73 Å². The number of ether oxygens (including phenoxy) is 2. The van der Waals surface area contributed by atoms with Crippen molar-refractivity contribution in [3.8, 4) is 5.75 Å². The highest BCUT2D eigenvalue weighted by molar-refractivity contribution is 6.05. The predicted molar refractivity (Wildman–Crippen MR) is 146 cm³/mol. The Morgan fingerprint density at radius 3 is 2.16 bits per heavy atom. The molecular weight excluding hydrogens is 484 g/mol. The molecule has 1 aromatic heterocycles. The molecule has 192 valence electrons. The molecule has 0 saturated carbocycles. The van der Waals surface area contributed by atoms with Crippen molar-refractivity contribution >= 4 is 34.2 Å². The normalized spacial score (nSPS) is 10.4. The Bertz CT molecular complexity index is 1520. The van der Waals surface area contributed by atoms with Crippen molar-refractivity contribution in [1.29, 1.82) is 0 Å². The summed E-state index contributed by atoms with van der Waals surface area (Å²) in [6.45, 7) is 7.21. The first-order valence-electron chi connectivity index (χ1n) is 11.8. The Labute approximate surface area is 219 Å². The molecule has 1 heterocycles. The Morgan fingerprint density at radius 1 is 0.868 bits per heavy atom. The number of carbonyl (C=O) groups excluding carboxylic acids is 2. The van der Waals surface area contributed by atoms with Gasteiger partial charge in [0.2, 0.25) is 0 Å². The Morgan fingerprint density at radius 2 is 1.53 bits per heavy atom. The van der Waals surface area contributed by atoms with Crippen molar-refractivity contribution in [2.75, 3.05) is 17.4 Å². The summed E-state index contributed by atoms with van der Waals surface area (Å²) < 4.78 is 15.4. The second-order valence-electron chi connectivity index (χ2n) is 8.27. The van der Waals surface area contributed by atoms with Gasteiger partial charge in [0.25, 0.3) is 5.91 Å². The van der Waals surface area contributed by atoms with Gasteiger partial charge >= 0.3 is 11.6 Å². The molecule has 0 fully saturated rings. The van der Waals surface area contributed by atoms with Gasteiger partial charge in [-0.05, 0) is 66.4 Å². The van der Waals surface area contributed by atoms with E-state index in [2.05, 4.69) is 35.9 Å². The number of nitrogens with one attached hydrogen (secondary N) is 2. The van der Waals surface area contributed by atoms with Gasteiger partial charge < -0.3 is 24.5 Å². The van der Waals surface area contributed by atoms with Crippen LogP contribution in [-0.2, 0) is 22.4 Å². The average Bonchev–Trinajstić information content (AvgIpc) is 2.93. The van der Waals surface area contributed by atoms with Crippen LogP contribution in [0.25, 0.3) is 11.0 Å². The van der Waals surface area contributed by atoms with Crippen molar-refractivity contribution in [3.05, 3.63) is 125 Å². The maximum atomic E-state index is 12.8. The summed E-state index contributed by atoms with van der Waals surface area (Å²) in [4.78, 5) is 36.6. The minimum Gasteiger partial charge on any atom is -0.482 e. The van der Waals surface area contributed by atoms with E-state index in [9.17, 15) is 14.4 Å². The van der Waals surface area contributed by atoms with Crippen molar-refractivity contribution in [2.24, 2.45) is 0 Å². The molecule has 2 N–H and O–H groups in total. The van der Waals surface area contributed by atoms with Gasteiger partial charge in [0, 0.05) is 28.9 Å². The molecule has 38 heavy (non-hydrogen) atoms. The number of rotatable bonds is 11. The first kappa shape index (κ1) is 26.0. The molecule has 0 radical (unpaired) electrons. The van der Waals surface area contributed by atoms with E-state index in [1.807, 2.05) is 24.3 Å². The Hall–Kier alpha value is -5.11. The molecule has 0 unspecified atom stereocenters. The van der Waals surface area contributed by atoms with Gasteiger partial charge in [0.05, 0.1) is 6.26 Å². The zero-order valence-electron chi connectivity index (χ0n) is 20.6. The lowest BCUT2D eigenvalue weighted by atomic mass is 10.0. The highest BCUT2D eigenvalue weighted by Gasteiger charge is 2.15. The number of amides is 1. The van der Waals surface area contributed by atoms with E-state index in [-0.39, 0.29) is 16.9 Å². The summed E-state index contributed by atoms with van der Waals surface area (Å²) in [7, 11) is 0. The minimum absolute atomic E-state index is 0.133. The fraction of sp³-hybridized carbons (Fsp3) is 0.100. The van der Waals surface area contributed by atoms with Crippen LogP contribution < -0.4 is 21.0 Å². The molecule has 0 bridgehead atoms. The minimum atomic E-state index is -0.798. The second-order valence-corrected chi connectivity index (χ2v) is 8.27. The SMILES string of the molecule is C=COCNc1ccc(CCc2ccc(NC(=O)c3cc4ccc(OC(=O)C=C)cc4oc3=O)cc2)cc1. The van der Waals surface area contributed by atoms with E-state index in [1.54, 1.807) is 18.2 Å². The fourth-order valence-corrected chi connectivity index (χ4v) is 3.69. The van der Waals surface area contributed by atoms with Crippen molar-refractivity contribution < 1.29 is 23.5 Å². The molecule has 3 aromatic carbocycles. The number of hydrogen-bond donors (Lipinski definition) is 2. The van der Waals surface area contributed by atoms with Gasteiger partial charge in [-0.3, -0.25) is 4.79 Å². The molecule has 4 aromatic rings. The van der Waals surface area contributed by atoms with Crippen molar-refractivity contribution in [2.45, 2.75) is 12.8 Å². The summed E-state index contributed by atoms with van der Waals surface area (Å²) >= 11 is 0. The molecule has 8 nitrogen and oxygen atoms in total. The summed E-state index contributed by atoms with van der Waals surface area (Å²) in [5.74, 6) is -1.01. The first-order chi connectivity index (χ1) is 18.4. The van der Waals surface area contributed by atoms with Crippen LogP contribution in [0.5, 0.6) is 5.75 Å². The molecule has 0 aliphatic heterocycles. The van der Waals surface area contributed by atoms with E-state index < -0.39 is 17.5 Å². The Balaban J connectivity index is 1.35. The average molecular weight is 511 g/mol.